The molecule has 1 N–H and O–H groups in total. The normalized spacial score (nSPS) is 20.4. The maximum atomic E-state index is 11.8. The van der Waals surface area contributed by atoms with Crippen LogP contribution in [-0.2, 0) is 23.2 Å². The van der Waals surface area contributed by atoms with E-state index >= 15 is 0 Å². The summed E-state index contributed by atoms with van der Waals surface area (Å²) in [6.07, 6.45) is 1.96. The molecule has 1 fully saturated rings. The SMILES string of the molecule is CCN1C(=O)CC(NCc2ccnn2C)C1=O. The quantitative estimate of drug-likeness (QED) is 0.726. The Morgan fingerprint density at radius 3 is 2.82 bits per heavy atom. The Morgan fingerprint density at radius 2 is 2.29 bits per heavy atom. The van der Waals surface area contributed by atoms with Crippen molar-refractivity contribution in [2.24, 2.45) is 7.05 Å². The summed E-state index contributed by atoms with van der Waals surface area (Å²) < 4.78 is 1.74. The number of likely N-dealkylation sites (N-methyl/N-ethyl adjacent to an activating group) is 1. The molecule has 92 valence electrons. The minimum atomic E-state index is -0.391. The molecule has 2 rings (SSSR count). The van der Waals surface area contributed by atoms with Gasteiger partial charge in [-0.1, -0.05) is 0 Å². The van der Waals surface area contributed by atoms with Crippen LogP contribution in [0.2, 0.25) is 0 Å². The van der Waals surface area contributed by atoms with Crippen LogP contribution in [0.5, 0.6) is 0 Å². The van der Waals surface area contributed by atoms with Crippen molar-refractivity contribution in [1.29, 1.82) is 0 Å². The number of imide groups is 1. The molecule has 0 saturated carbocycles. The summed E-state index contributed by atoms with van der Waals surface area (Å²) in [6.45, 7) is 2.79. The first-order chi connectivity index (χ1) is 8.13. The van der Waals surface area contributed by atoms with Gasteiger partial charge in [0.15, 0.2) is 0 Å². The fourth-order valence-electron chi connectivity index (χ4n) is 1.98. The predicted octanol–water partition coefficient (Wildman–Crippen LogP) is -0.343. The average Bonchev–Trinajstić information content (AvgIpc) is 2.81. The van der Waals surface area contributed by atoms with Gasteiger partial charge in [0.2, 0.25) is 11.8 Å². The number of carbonyl (C=O) groups excluding carboxylic acids is 2. The average molecular weight is 236 g/mol. The largest absolute Gasteiger partial charge is 0.300 e. The smallest absolute Gasteiger partial charge is 0.246 e. The Hall–Kier alpha value is -1.69. The Bertz CT molecular complexity index is 440. The number of hydrogen-bond acceptors (Lipinski definition) is 4. The molecule has 17 heavy (non-hydrogen) atoms. The molecule has 1 atom stereocenters. The first-order valence-corrected chi connectivity index (χ1v) is 5.68. The van der Waals surface area contributed by atoms with Crippen LogP contribution in [0, 0.1) is 0 Å². The highest BCUT2D eigenvalue weighted by molar-refractivity contribution is 6.05. The first kappa shape index (κ1) is 11.8. The first-order valence-electron chi connectivity index (χ1n) is 5.68. The van der Waals surface area contributed by atoms with E-state index in [1.54, 1.807) is 17.8 Å². The maximum Gasteiger partial charge on any atom is 0.246 e. The van der Waals surface area contributed by atoms with E-state index in [1.165, 1.54) is 4.90 Å². The third kappa shape index (κ3) is 2.21. The molecule has 0 spiro atoms. The van der Waals surface area contributed by atoms with Gasteiger partial charge >= 0.3 is 0 Å². The molecule has 1 aliphatic heterocycles. The van der Waals surface area contributed by atoms with E-state index in [0.717, 1.165) is 5.69 Å². The highest BCUT2D eigenvalue weighted by atomic mass is 16.2. The summed E-state index contributed by atoms with van der Waals surface area (Å²) in [5.41, 5.74) is 0.986. The lowest BCUT2D eigenvalue weighted by Crippen LogP contribution is -2.38. The maximum absolute atomic E-state index is 11.8. The number of likely N-dealkylation sites (tertiary alicyclic amines) is 1. The zero-order chi connectivity index (χ0) is 12.4. The molecule has 0 aromatic carbocycles. The number of hydrogen-bond donors (Lipinski definition) is 1. The summed E-state index contributed by atoms with van der Waals surface area (Å²) >= 11 is 0. The van der Waals surface area contributed by atoms with Crippen molar-refractivity contribution in [1.82, 2.24) is 20.0 Å². The van der Waals surface area contributed by atoms with Crippen LogP contribution in [-0.4, -0.2) is 39.1 Å². The zero-order valence-electron chi connectivity index (χ0n) is 10.0. The van der Waals surface area contributed by atoms with Crippen molar-refractivity contribution in [2.75, 3.05) is 6.54 Å². The summed E-state index contributed by atoms with van der Waals surface area (Å²) in [7, 11) is 1.84. The van der Waals surface area contributed by atoms with Gasteiger partial charge in [0.25, 0.3) is 0 Å². The number of nitrogens with one attached hydrogen (secondary N) is 1. The van der Waals surface area contributed by atoms with E-state index in [4.69, 9.17) is 0 Å². The number of aromatic nitrogens is 2. The van der Waals surface area contributed by atoms with E-state index in [2.05, 4.69) is 10.4 Å². The molecule has 2 heterocycles. The fraction of sp³-hybridized carbons (Fsp3) is 0.545. The second-order valence-corrected chi connectivity index (χ2v) is 4.06. The van der Waals surface area contributed by atoms with E-state index in [1.807, 2.05) is 13.1 Å². The Morgan fingerprint density at radius 1 is 1.53 bits per heavy atom. The van der Waals surface area contributed by atoms with E-state index in [0.29, 0.717) is 13.1 Å². The lowest BCUT2D eigenvalue weighted by atomic mass is 10.2. The Kier molecular flexibility index (Phi) is 3.23. The van der Waals surface area contributed by atoms with Gasteiger partial charge in [-0.3, -0.25) is 24.5 Å². The number of aryl methyl sites for hydroxylation is 1. The van der Waals surface area contributed by atoms with Gasteiger partial charge in [-0.25, -0.2) is 0 Å². The number of amides is 2. The molecule has 6 nitrogen and oxygen atoms in total. The van der Waals surface area contributed by atoms with Crippen molar-refractivity contribution >= 4 is 11.8 Å². The number of rotatable bonds is 4. The molecule has 1 aromatic rings. The number of carbonyl (C=O) groups is 2. The van der Waals surface area contributed by atoms with Crippen LogP contribution >= 0.6 is 0 Å². The van der Waals surface area contributed by atoms with Crippen molar-refractivity contribution in [3.63, 3.8) is 0 Å². The van der Waals surface area contributed by atoms with Crippen molar-refractivity contribution in [3.05, 3.63) is 18.0 Å². The van der Waals surface area contributed by atoms with Crippen LogP contribution in [0.3, 0.4) is 0 Å². The fourth-order valence-corrected chi connectivity index (χ4v) is 1.98. The molecule has 0 aliphatic carbocycles. The lowest BCUT2D eigenvalue weighted by Gasteiger charge is -2.13. The molecule has 2 amide bonds. The summed E-state index contributed by atoms with van der Waals surface area (Å²) in [5, 5.41) is 7.14. The zero-order valence-corrected chi connectivity index (χ0v) is 10.0. The molecule has 1 aromatic heterocycles. The molecule has 1 saturated heterocycles. The molecule has 6 heteroatoms. The third-order valence-corrected chi connectivity index (χ3v) is 3.01. The summed E-state index contributed by atoms with van der Waals surface area (Å²) in [5.74, 6) is -0.223. The van der Waals surface area contributed by atoms with E-state index in [-0.39, 0.29) is 18.2 Å². The predicted molar refractivity (Wildman–Crippen MR) is 60.8 cm³/mol. The van der Waals surface area contributed by atoms with Gasteiger partial charge in [0.1, 0.15) is 0 Å². The second kappa shape index (κ2) is 4.67. The standard InChI is InChI=1S/C11H16N4O2/c1-3-15-10(16)6-9(11(15)17)12-7-8-4-5-13-14(8)2/h4-5,9,12H,3,6-7H2,1-2H3. The minimum absolute atomic E-state index is 0.0972. The monoisotopic (exact) mass is 236 g/mol. The van der Waals surface area contributed by atoms with Crippen LogP contribution in [0.4, 0.5) is 0 Å². The van der Waals surface area contributed by atoms with Gasteiger partial charge in [0.05, 0.1) is 18.2 Å². The van der Waals surface area contributed by atoms with Gasteiger partial charge in [0, 0.05) is 26.3 Å². The highest BCUT2D eigenvalue weighted by Gasteiger charge is 2.37. The van der Waals surface area contributed by atoms with Gasteiger partial charge in [-0.15, -0.1) is 0 Å². The molecule has 1 aliphatic rings. The van der Waals surface area contributed by atoms with Crippen molar-refractivity contribution in [3.8, 4) is 0 Å². The highest BCUT2D eigenvalue weighted by Crippen LogP contribution is 2.13. The summed E-state index contributed by atoms with van der Waals surface area (Å²) in [6, 6.07) is 1.49. The molecule has 0 bridgehead atoms. The van der Waals surface area contributed by atoms with Crippen LogP contribution in [0.25, 0.3) is 0 Å². The summed E-state index contributed by atoms with van der Waals surface area (Å²) in [4.78, 5) is 24.6. The lowest BCUT2D eigenvalue weighted by molar-refractivity contribution is -0.138. The van der Waals surface area contributed by atoms with Crippen molar-refractivity contribution < 1.29 is 9.59 Å². The Labute approximate surface area is 99.6 Å². The third-order valence-electron chi connectivity index (χ3n) is 3.01. The second-order valence-electron chi connectivity index (χ2n) is 4.06. The van der Waals surface area contributed by atoms with Crippen LogP contribution in [0.1, 0.15) is 19.0 Å². The van der Waals surface area contributed by atoms with E-state index < -0.39 is 6.04 Å². The van der Waals surface area contributed by atoms with Crippen LogP contribution < -0.4 is 5.32 Å². The number of nitrogens with zero attached hydrogens (tertiary/aromatic N) is 3. The Balaban J connectivity index is 1.95. The minimum Gasteiger partial charge on any atom is -0.300 e. The van der Waals surface area contributed by atoms with Crippen LogP contribution in [0.15, 0.2) is 12.3 Å². The molecule has 1 unspecified atom stereocenters. The van der Waals surface area contributed by atoms with E-state index in [9.17, 15) is 9.59 Å². The topological polar surface area (TPSA) is 67.2 Å². The van der Waals surface area contributed by atoms with Gasteiger partial charge in [-0.05, 0) is 13.0 Å². The van der Waals surface area contributed by atoms with Gasteiger partial charge < -0.3 is 0 Å². The molecular formula is C11H16N4O2. The van der Waals surface area contributed by atoms with Crippen molar-refractivity contribution in [2.45, 2.75) is 25.9 Å². The molecular weight excluding hydrogens is 220 g/mol. The molecule has 0 radical (unpaired) electrons. The van der Waals surface area contributed by atoms with Gasteiger partial charge in [-0.2, -0.15) is 5.10 Å².